The highest BCUT2D eigenvalue weighted by Gasteiger charge is 2.50. The maximum Gasteiger partial charge on any atom is 0.235 e. The summed E-state index contributed by atoms with van der Waals surface area (Å²) in [6, 6.07) is 0. The summed E-state index contributed by atoms with van der Waals surface area (Å²) >= 11 is 0. The molecule has 0 aromatic heterocycles. The first-order valence-electron chi connectivity index (χ1n) is 6.89. The van der Waals surface area contributed by atoms with Crippen molar-refractivity contribution in [1.82, 2.24) is 9.80 Å². The van der Waals surface area contributed by atoms with Crippen molar-refractivity contribution in [2.45, 2.75) is 45.6 Å². The molecule has 0 radical (unpaired) electrons. The molecule has 1 saturated heterocycles. The van der Waals surface area contributed by atoms with Gasteiger partial charge >= 0.3 is 0 Å². The van der Waals surface area contributed by atoms with Crippen LogP contribution < -0.4 is 0 Å². The fourth-order valence-corrected chi connectivity index (χ4v) is 2.89. The van der Waals surface area contributed by atoms with E-state index < -0.39 is 11.0 Å². The van der Waals surface area contributed by atoms with Crippen LogP contribution in [0, 0.1) is 5.41 Å². The number of carbonyl (C=O) groups is 2. The first kappa shape index (κ1) is 16.1. The smallest absolute Gasteiger partial charge is 0.235 e. The van der Waals surface area contributed by atoms with Gasteiger partial charge in [-0.25, -0.2) is 0 Å². The Morgan fingerprint density at radius 1 is 1.32 bits per heavy atom. The van der Waals surface area contributed by atoms with Crippen LogP contribution in [0.1, 0.15) is 40.0 Å². The normalized spacial score (nSPS) is 22.2. The summed E-state index contributed by atoms with van der Waals surface area (Å²) in [4.78, 5) is 27.6. The van der Waals surface area contributed by atoms with E-state index in [4.69, 9.17) is 0 Å². The number of aliphatic hydroxyl groups is 1. The van der Waals surface area contributed by atoms with Crippen molar-refractivity contribution >= 4 is 11.8 Å². The third-order valence-electron chi connectivity index (χ3n) is 4.00. The lowest BCUT2D eigenvalue weighted by Gasteiger charge is -2.31. The summed E-state index contributed by atoms with van der Waals surface area (Å²) in [5, 5.41) is 10.3. The van der Waals surface area contributed by atoms with E-state index in [1.54, 1.807) is 6.92 Å². The molecule has 110 valence electrons. The van der Waals surface area contributed by atoms with E-state index in [-0.39, 0.29) is 24.8 Å². The van der Waals surface area contributed by atoms with Gasteiger partial charge in [-0.3, -0.25) is 14.5 Å². The molecule has 1 unspecified atom stereocenters. The van der Waals surface area contributed by atoms with Crippen molar-refractivity contribution in [2.24, 2.45) is 5.41 Å². The Kier molecular flexibility index (Phi) is 4.74. The van der Waals surface area contributed by atoms with E-state index in [1.807, 2.05) is 32.8 Å². The van der Waals surface area contributed by atoms with E-state index in [0.29, 0.717) is 19.4 Å². The quantitative estimate of drug-likeness (QED) is 0.727. The molecule has 5 nitrogen and oxygen atoms in total. The Labute approximate surface area is 115 Å². The van der Waals surface area contributed by atoms with Gasteiger partial charge in [-0.2, -0.15) is 0 Å². The molecule has 0 bridgehead atoms. The molecule has 2 amide bonds. The van der Waals surface area contributed by atoms with Gasteiger partial charge in [0.15, 0.2) is 0 Å². The van der Waals surface area contributed by atoms with Gasteiger partial charge in [-0.05, 0) is 33.9 Å². The Balaban J connectivity index is 2.85. The molecule has 1 N–H and O–H groups in total. The summed E-state index contributed by atoms with van der Waals surface area (Å²) in [5.74, 6) is -0.283. The summed E-state index contributed by atoms with van der Waals surface area (Å²) in [6.07, 6.45) is 1.61. The van der Waals surface area contributed by atoms with Gasteiger partial charge in [0.05, 0.1) is 17.6 Å². The minimum Gasteiger partial charge on any atom is -0.387 e. The number of carbonyl (C=O) groups excluding carboxylic acids is 2. The zero-order valence-corrected chi connectivity index (χ0v) is 12.7. The zero-order valence-electron chi connectivity index (χ0n) is 12.7. The van der Waals surface area contributed by atoms with Crippen molar-refractivity contribution in [3.63, 3.8) is 0 Å². The molecule has 19 heavy (non-hydrogen) atoms. The molecular weight excluding hydrogens is 244 g/mol. The number of rotatable bonds is 6. The topological polar surface area (TPSA) is 60.9 Å². The van der Waals surface area contributed by atoms with Gasteiger partial charge in [-0.1, -0.05) is 13.8 Å². The molecule has 0 aliphatic carbocycles. The third-order valence-corrected chi connectivity index (χ3v) is 4.00. The van der Waals surface area contributed by atoms with Crippen LogP contribution in [0.2, 0.25) is 0 Å². The van der Waals surface area contributed by atoms with E-state index in [1.165, 1.54) is 4.90 Å². The van der Waals surface area contributed by atoms with Gasteiger partial charge < -0.3 is 10.0 Å². The van der Waals surface area contributed by atoms with Gasteiger partial charge in [-0.15, -0.1) is 0 Å². The standard InChI is InChI=1S/C14H26N2O3/c1-6-14(7-2)8-11(17)16(12(14)18)10-13(3,19)9-15(4)5/h19H,6-10H2,1-5H3. The molecule has 1 aliphatic rings. The van der Waals surface area contributed by atoms with Crippen LogP contribution in [0.25, 0.3) is 0 Å². The molecule has 1 heterocycles. The minimum absolute atomic E-state index is 0.0740. The second kappa shape index (κ2) is 5.59. The van der Waals surface area contributed by atoms with E-state index in [9.17, 15) is 14.7 Å². The lowest BCUT2D eigenvalue weighted by Crippen LogP contribution is -2.49. The summed E-state index contributed by atoms with van der Waals surface area (Å²) in [6.45, 7) is 6.03. The first-order chi connectivity index (χ1) is 8.67. The first-order valence-corrected chi connectivity index (χ1v) is 6.89. The van der Waals surface area contributed by atoms with Crippen LogP contribution >= 0.6 is 0 Å². The predicted molar refractivity (Wildman–Crippen MR) is 73.5 cm³/mol. The number of β-amino-alcohol motifs (C(OH)–C–C–N with tert-alkyl or cyclic N) is 1. The lowest BCUT2D eigenvalue weighted by molar-refractivity contribution is -0.145. The molecule has 1 rings (SSSR count). The van der Waals surface area contributed by atoms with Gasteiger partial charge in [0.1, 0.15) is 0 Å². The Morgan fingerprint density at radius 3 is 2.21 bits per heavy atom. The lowest BCUT2D eigenvalue weighted by atomic mass is 9.81. The molecule has 0 saturated carbocycles. The van der Waals surface area contributed by atoms with Crippen molar-refractivity contribution in [3.05, 3.63) is 0 Å². The largest absolute Gasteiger partial charge is 0.387 e. The number of likely N-dealkylation sites (tertiary alicyclic amines) is 1. The highest BCUT2D eigenvalue weighted by Crippen LogP contribution is 2.39. The van der Waals surface area contributed by atoms with Crippen molar-refractivity contribution in [2.75, 3.05) is 27.2 Å². The molecule has 5 heteroatoms. The molecule has 0 aromatic rings. The Hall–Kier alpha value is -0.940. The second-order valence-electron chi connectivity index (χ2n) is 6.18. The van der Waals surface area contributed by atoms with Crippen LogP contribution in [-0.2, 0) is 9.59 Å². The Morgan fingerprint density at radius 2 is 1.84 bits per heavy atom. The summed E-state index contributed by atoms with van der Waals surface area (Å²) in [7, 11) is 3.70. The van der Waals surface area contributed by atoms with Gasteiger partial charge in [0.2, 0.25) is 11.8 Å². The number of amides is 2. The fourth-order valence-electron chi connectivity index (χ4n) is 2.89. The number of likely N-dealkylation sites (N-methyl/N-ethyl adjacent to an activating group) is 1. The maximum absolute atomic E-state index is 12.4. The number of nitrogens with zero attached hydrogens (tertiary/aromatic N) is 2. The minimum atomic E-state index is -1.08. The zero-order chi connectivity index (χ0) is 14.8. The van der Waals surface area contributed by atoms with E-state index in [0.717, 1.165) is 0 Å². The average Bonchev–Trinajstić information content (AvgIpc) is 2.52. The molecule has 1 fully saturated rings. The second-order valence-corrected chi connectivity index (χ2v) is 6.18. The Bertz CT molecular complexity index is 360. The predicted octanol–water partition coefficient (Wildman–Crippen LogP) is 0.864. The van der Waals surface area contributed by atoms with Crippen LogP contribution in [-0.4, -0.2) is 59.5 Å². The number of imide groups is 1. The van der Waals surface area contributed by atoms with Gasteiger partial charge in [0.25, 0.3) is 0 Å². The SMILES string of the molecule is CCC1(CC)CC(=O)N(CC(C)(O)CN(C)C)C1=O. The van der Waals surface area contributed by atoms with Crippen LogP contribution in [0.3, 0.4) is 0 Å². The van der Waals surface area contributed by atoms with Crippen molar-refractivity contribution in [1.29, 1.82) is 0 Å². The molecule has 0 spiro atoms. The monoisotopic (exact) mass is 270 g/mol. The highest BCUT2D eigenvalue weighted by atomic mass is 16.3. The highest BCUT2D eigenvalue weighted by molar-refractivity contribution is 6.05. The van der Waals surface area contributed by atoms with Gasteiger partial charge in [0, 0.05) is 13.0 Å². The van der Waals surface area contributed by atoms with Crippen LogP contribution in [0.4, 0.5) is 0 Å². The molecule has 1 atom stereocenters. The molecular formula is C14H26N2O3. The summed E-state index contributed by atoms with van der Waals surface area (Å²) < 4.78 is 0. The molecule has 1 aliphatic heterocycles. The average molecular weight is 270 g/mol. The number of hydrogen-bond donors (Lipinski definition) is 1. The van der Waals surface area contributed by atoms with E-state index in [2.05, 4.69) is 0 Å². The summed E-state index contributed by atoms with van der Waals surface area (Å²) in [5.41, 5.74) is -1.63. The third kappa shape index (κ3) is 3.34. The number of hydrogen-bond acceptors (Lipinski definition) is 4. The van der Waals surface area contributed by atoms with Crippen molar-refractivity contribution < 1.29 is 14.7 Å². The van der Waals surface area contributed by atoms with E-state index >= 15 is 0 Å². The maximum atomic E-state index is 12.4. The fraction of sp³-hybridized carbons (Fsp3) is 0.857. The molecule has 0 aromatic carbocycles. The van der Waals surface area contributed by atoms with Crippen LogP contribution in [0.5, 0.6) is 0 Å². The van der Waals surface area contributed by atoms with Crippen LogP contribution in [0.15, 0.2) is 0 Å². The van der Waals surface area contributed by atoms with Crippen molar-refractivity contribution in [3.8, 4) is 0 Å².